The predicted octanol–water partition coefficient (Wildman–Crippen LogP) is 5.61. The predicted molar refractivity (Wildman–Crippen MR) is 142 cm³/mol. The molecule has 0 N–H and O–H groups in total. The van der Waals surface area contributed by atoms with Crippen LogP contribution in [-0.2, 0) is 4.79 Å². The average Bonchev–Trinajstić information content (AvgIpc) is 3.27. The van der Waals surface area contributed by atoms with E-state index < -0.39 is 0 Å². The van der Waals surface area contributed by atoms with Gasteiger partial charge in [-0.1, -0.05) is 42.1 Å². The molecule has 1 unspecified atom stereocenters. The highest BCUT2D eigenvalue weighted by Crippen LogP contribution is 2.61. The molecule has 1 atom stereocenters. The number of fused-ring (bicyclic) bond motifs is 3. The first kappa shape index (κ1) is 22.3. The Bertz CT molecular complexity index is 1550. The molecule has 4 aliphatic rings. The van der Waals surface area contributed by atoms with Crippen LogP contribution in [0.4, 0.5) is 0 Å². The van der Waals surface area contributed by atoms with Crippen molar-refractivity contribution in [2.24, 2.45) is 23.2 Å². The Morgan fingerprint density at radius 2 is 1.61 bits per heavy atom. The molecule has 0 radical (unpaired) electrons. The standard InChI is InChI=1S/C29H30N4O2S/c1-17-7-3-5-9-23(17)32-26(35)22-8-4-6-10-24(22)33-27(32)30-31-28(33)36-18(2)25(34)29-14-19-11-20(15-29)13-21(12-19)16-29/h3-10,18-21H,11-16H2,1-2H3. The van der Waals surface area contributed by atoms with Gasteiger partial charge in [-0.25, -0.2) is 4.57 Å². The number of hydrogen-bond acceptors (Lipinski definition) is 5. The first-order chi connectivity index (χ1) is 17.4. The van der Waals surface area contributed by atoms with Crippen LogP contribution in [0.3, 0.4) is 0 Å². The van der Waals surface area contributed by atoms with Crippen LogP contribution < -0.4 is 5.56 Å². The van der Waals surface area contributed by atoms with Crippen molar-refractivity contribution in [1.29, 1.82) is 0 Å². The van der Waals surface area contributed by atoms with E-state index in [1.165, 1.54) is 31.0 Å². The van der Waals surface area contributed by atoms with Crippen LogP contribution in [0.15, 0.2) is 58.5 Å². The van der Waals surface area contributed by atoms with E-state index in [0.29, 0.717) is 22.1 Å². The van der Waals surface area contributed by atoms with Crippen molar-refractivity contribution in [3.05, 3.63) is 64.4 Å². The smallest absolute Gasteiger partial charge is 0.267 e. The lowest BCUT2D eigenvalue weighted by molar-refractivity contribution is -0.142. The molecule has 0 saturated heterocycles. The van der Waals surface area contributed by atoms with E-state index in [4.69, 9.17) is 0 Å². The number of carbonyl (C=O) groups is 1. The first-order valence-electron chi connectivity index (χ1n) is 13.1. The molecule has 4 aliphatic carbocycles. The Morgan fingerprint density at radius 3 is 2.31 bits per heavy atom. The topological polar surface area (TPSA) is 69.3 Å². The highest BCUT2D eigenvalue weighted by atomic mass is 32.2. The Hall–Kier alpha value is -2.93. The van der Waals surface area contributed by atoms with Crippen molar-refractivity contribution < 1.29 is 4.79 Å². The lowest BCUT2D eigenvalue weighted by Crippen LogP contribution is -2.51. The molecule has 4 aromatic rings. The molecular formula is C29H30N4O2S. The quantitative estimate of drug-likeness (QED) is 0.335. The molecular weight excluding hydrogens is 468 g/mol. The van der Waals surface area contributed by atoms with Gasteiger partial charge < -0.3 is 0 Å². The van der Waals surface area contributed by atoms with Crippen molar-refractivity contribution in [3.8, 4) is 5.69 Å². The van der Waals surface area contributed by atoms with Gasteiger partial charge in [0.1, 0.15) is 0 Å². The number of benzene rings is 2. The zero-order valence-corrected chi connectivity index (χ0v) is 21.5. The molecule has 184 valence electrons. The van der Waals surface area contributed by atoms with Crippen molar-refractivity contribution in [2.45, 2.75) is 62.8 Å². The maximum atomic E-state index is 14.0. The third-order valence-electron chi connectivity index (χ3n) is 8.96. The number of carbonyl (C=O) groups excluding carboxylic acids is 1. The Balaban J connectivity index is 1.32. The molecule has 8 rings (SSSR count). The fourth-order valence-electron chi connectivity index (χ4n) is 7.84. The molecule has 0 aliphatic heterocycles. The van der Waals surface area contributed by atoms with E-state index in [2.05, 4.69) is 10.2 Å². The summed E-state index contributed by atoms with van der Waals surface area (Å²) >= 11 is 1.49. The number of thioether (sulfide) groups is 1. The molecule has 2 aromatic heterocycles. The first-order valence-corrected chi connectivity index (χ1v) is 14.0. The minimum atomic E-state index is -0.216. The van der Waals surface area contributed by atoms with Gasteiger partial charge in [-0.05, 0) is 93.9 Å². The Morgan fingerprint density at radius 1 is 0.972 bits per heavy atom. The summed E-state index contributed by atoms with van der Waals surface area (Å²) in [4.78, 5) is 27.6. The molecule has 7 heteroatoms. The van der Waals surface area contributed by atoms with Gasteiger partial charge in [-0.2, -0.15) is 0 Å². The summed E-state index contributed by atoms with van der Waals surface area (Å²) in [6.07, 6.45) is 7.18. The minimum Gasteiger partial charge on any atom is -0.298 e. The lowest BCUT2D eigenvalue weighted by Gasteiger charge is -2.56. The molecule has 0 amide bonds. The average molecular weight is 499 g/mol. The molecule has 4 bridgehead atoms. The fourth-order valence-corrected chi connectivity index (χ4v) is 8.89. The Labute approximate surface area is 214 Å². The molecule has 4 saturated carbocycles. The summed E-state index contributed by atoms with van der Waals surface area (Å²) in [7, 11) is 0. The summed E-state index contributed by atoms with van der Waals surface area (Å²) in [5.74, 6) is 3.07. The van der Waals surface area contributed by atoms with E-state index >= 15 is 0 Å². The van der Waals surface area contributed by atoms with E-state index in [0.717, 1.165) is 53.8 Å². The van der Waals surface area contributed by atoms with Gasteiger partial charge in [0.2, 0.25) is 5.78 Å². The largest absolute Gasteiger partial charge is 0.298 e. The van der Waals surface area contributed by atoms with Crippen LogP contribution in [0.25, 0.3) is 22.4 Å². The zero-order valence-electron chi connectivity index (χ0n) is 20.7. The summed E-state index contributed by atoms with van der Waals surface area (Å²) in [5, 5.41) is 10.1. The van der Waals surface area contributed by atoms with E-state index in [9.17, 15) is 9.59 Å². The van der Waals surface area contributed by atoms with Crippen molar-refractivity contribution in [3.63, 3.8) is 0 Å². The van der Waals surface area contributed by atoms with E-state index in [1.54, 1.807) is 4.57 Å². The number of nitrogens with zero attached hydrogens (tertiary/aromatic N) is 4. The van der Waals surface area contributed by atoms with E-state index in [1.807, 2.05) is 66.8 Å². The van der Waals surface area contributed by atoms with Crippen LogP contribution in [0.2, 0.25) is 0 Å². The number of rotatable bonds is 5. The monoisotopic (exact) mass is 498 g/mol. The number of para-hydroxylation sites is 2. The number of aryl methyl sites for hydroxylation is 1. The summed E-state index contributed by atoms with van der Waals surface area (Å²) in [6, 6.07) is 15.4. The van der Waals surface area contributed by atoms with Crippen LogP contribution in [-0.4, -0.2) is 30.2 Å². The van der Waals surface area contributed by atoms with Crippen LogP contribution in [0, 0.1) is 30.1 Å². The third kappa shape index (κ3) is 3.24. The molecule has 6 nitrogen and oxygen atoms in total. The Kier molecular flexibility index (Phi) is 4.97. The van der Waals surface area contributed by atoms with Crippen LogP contribution >= 0.6 is 11.8 Å². The second-order valence-corrected chi connectivity index (χ2v) is 12.7. The molecule has 4 fully saturated rings. The zero-order chi connectivity index (χ0) is 24.6. The minimum absolute atomic E-state index is 0.117. The normalized spacial score (nSPS) is 27.7. The fraction of sp³-hybridized carbons (Fsp3) is 0.448. The highest BCUT2D eigenvalue weighted by molar-refractivity contribution is 8.00. The van der Waals surface area contributed by atoms with Crippen molar-refractivity contribution in [2.75, 3.05) is 0 Å². The second kappa shape index (κ2) is 8.04. The van der Waals surface area contributed by atoms with E-state index in [-0.39, 0.29) is 16.2 Å². The van der Waals surface area contributed by atoms with Gasteiger partial charge in [0.15, 0.2) is 10.9 Å². The maximum Gasteiger partial charge on any atom is 0.267 e. The number of ketones is 1. The van der Waals surface area contributed by atoms with Gasteiger partial charge >= 0.3 is 0 Å². The van der Waals surface area contributed by atoms with Gasteiger partial charge in [0.05, 0.1) is 21.8 Å². The molecule has 0 spiro atoms. The summed E-state index contributed by atoms with van der Waals surface area (Å²) in [6.45, 7) is 4.03. The van der Waals surface area contributed by atoms with Crippen LogP contribution in [0.5, 0.6) is 0 Å². The van der Waals surface area contributed by atoms with Gasteiger partial charge in [-0.3, -0.25) is 14.0 Å². The SMILES string of the molecule is Cc1ccccc1-n1c(=O)c2ccccc2n2c(SC(C)C(=O)C34CC5CC(CC(C5)C3)C4)nnc12. The molecule has 36 heavy (non-hydrogen) atoms. The molecule has 2 heterocycles. The van der Waals surface area contributed by atoms with Gasteiger partial charge in [0, 0.05) is 5.41 Å². The summed E-state index contributed by atoms with van der Waals surface area (Å²) in [5.41, 5.74) is 2.28. The van der Waals surface area contributed by atoms with Crippen molar-refractivity contribution in [1.82, 2.24) is 19.2 Å². The lowest BCUT2D eigenvalue weighted by atomic mass is 9.48. The number of Topliss-reactive ketones (excluding diaryl/α,β-unsaturated/α-hetero) is 1. The summed E-state index contributed by atoms with van der Waals surface area (Å²) < 4.78 is 3.61. The van der Waals surface area contributed by atoms with Crippen LogP contribution in [0.1, 0.15) is 51.0 Å². The number of aromatic nitrogens is 4. The van der Waals surface area contributed by atoms with Crippen molar-refractivity contribution >= 4 is 34.2 Å². The van der Waals surface area contributed by atoms with Gasteiger partial charge in [-0.15, -0.1) is 10.2 Å². The third-order valence-corrected chi connectivity index (χ3v) is 10.0. The van der Waals surface area contributed by atoms with Gasteiger partial charge in [0.25, 0.3) is 5.56 Å². The highest BCUT2D eigenvalue weighted by Gasteiger charge is 2.55. The second-order valence-electron chi connectivity index (χ2n) is 11.4. The maximum absolute atomic E-state index is 14.0. The molecule has 2 aromatic carbocycles. The number of hydrogen-bond donors (Lipinski definition) is 0.